The van der Waals surface area contributed by atoms with Crippen LogP contribution in [0.3, 0.4) is 0 Å². The molecule has 0 spiro atoms. The Kier molecular flexibility index (Phi) is 8.05. The van der Waals surface area contributed by atoms with Crippen molar-refractivity contribution in [1.82, 2.24) is 10.2 Å². The van der Waals surface area contributed by atoms with E-state index in [1.807, 2.05) is 69.3 Å². The summed E-state index contributed by atoms with van der Waals surface area (Å²) in [7, 11) is 0. The van der Waals surface area contributed by atoms with Gasteiger partial charge in [-0.3, -0.25) is 9.59 Å². The van der Waals surface area contributed by atoms with Gasteiger partial charge in [-0.05, 0) is 63.1 Å². The van der Waals surface area contributed by atoms with Gasteiger partial charge in [0.2, 0.25) is 5.91 Å². The third-order valence-electron chi connectivity index (χ3n) is 4.22. The first-order chi connectivity index (χ1) is 13.3. The van der Waals surface area contributed by atoms with Crippen LogP contribution in [0.1, 0.15) is 31.9 Å². The molecule has 0 radical (unpaired) electrons. The molecule has 150 valence electrons. The largest absolute Gasteiger partial charge is 0.484 e. The van der Waals surface area contributed by atoms with E-state index in [1.165, 1.54) is 0 Å². The van der Waals surface area contributed by atoms with E-state index in [0.717, 1.165) is 15.6 Å². The Morgan fingerprint density at radius 1 is 1.11 bits per heavy atom. The molecule has 0 saturated heterocycles. The second-order valence-electron chi connectivity index (χ2n) is 7.09. The predicted octanol–water partition coefficient (Wildman–Crippen LogP) is 4.08. The Morgan fingerprint density at radius 3 is 2.39 bits per heavy atom. The lowest BCUT2D eigenvalue weighted by Gasteiger charge is -2.29. The lowest BCUT2D eigenvalue weighted by atomic mass is 10.1. The maximum atomic E-state index is 12.9. The van der Waals surface area contributed by atoms with Crippen LogP contribution in [0.15, 0.2) is 53.0 Å². The molecule has 0 aliphatic carbocycles. The van der Waals surface area contributed by atoms with Crippen molar-refractivity contribution in [1.29, 1.82) is 0 Å². The van der Waals surface area contributed by atoms with Gasteiger partial charge in [-0.1, -0.05) is 40.2 Å². The molecule has 0 saturated carbocycles. The van der Waals surface area contributed by atoms with Gasteiger partial charge in [-0.2, -0.15) is 0 Å². The van der Waals surface area contributed by atoms with E-state index in [2.05, 4.69) is 21.2 Å². The van der Waals surface area contributed by atoms with Gasteiger partial charge in [0.25, 0.3) is 5.91 Å². The summed E-state index contributed by atoms with van der Waals surface area (Å²) in [6, 6.07) is 14.6. The molecule has 0 aliphatic heterocycles. The van der Waals surface area contributed by atoms with E-state index in [0.29, 0.717) is 12.3 Å². The van der Waals surface area contributed by atoms with Gasteiger partial charge in [-0.15, -0.1) is 0 Å². The molecule has 28 heavy (non-hydrogen) atoms. The SMILES string of the molecule is Cc1cccc(OCC(=O)N(Cc2ccc(Br)cc2)[C@@H](C)C(=O)NC(C)C)c1. The number of hydrogen-bond donors (Lipinski definition) is 1. The fourth-order valence-corrected chi connectivity index (χ4v) is 2.97. The van der Waals surface area contributed by atoms with Crippen LogP contribution < -0.4 is 10.1 Å². The summed E-state index contributed by atoms with van der Waals surface area (Å²) >= 11 is 3.41. The summed E-state index contributed by atoms with van der Waals surface area (Å²) in [5.74, 6) is 0.211. The van der Waals surface area contributed by atoms with E-state index in [9.17, 15) is 9.59 Å². The van der Waals surface area contributed by atoms with Crippen molar-refractivity contribution in [2.24, 2.45) is 0 Å². The van der Waals surface area contributed by atoms with Gasteiger partial charge in [0.15, 0.2) is 6.61 Å². The van der Waals surface area contributed by atoms with Gasteiger partial charge in [0.05, 0.1) is 0 Å². The summed E-state index contributed by atoms with van der Waals surface area (Å²) in [5, 5.41) is 2.87. The molecule has 1 N–H and O–H groups in total. The second kappa shape index (κ2) is 10.3. The van der Waals surface area contributed by atoms with Crippen molar-refractivity contribution in [3.63, 3.8) is 0 Å². The lowest BCUT2D eigenvalue weighted by molar-refractivity contribution is -0.142. The van der Waals surface area contributed by atoms with Crippen LogP contribution in [0.2, 0.25) is 0 Å². The zero-order valence-electron chi connectivity index (χ0n) is 16.7. The molecule has 0 aliphatic rings. The number of benzene rings is 2. The zero-order valence-corrected chi connectivity index (χ0v) is 18.3. The molecule has 2 amide bonds. The Balaban J connectivity index is 2.14. The standard InChI is InChI=1S/C22H27BrN2O3/c1-15(2)24-22(27)17(4)25(13-18-8-10-19(23)11-9-18)21(26)14-28-20-7-5-6-16(3)12-20/h5-12,15,17H,13-14H2,1-4H3,(H,24,27)/t17-/m0/s1. The zero-order chi connectivity index (χ0) is 20.7. The number of carbonyl (C=O) groups is 2. The van der Waals surface area contributed by atoms with Crippen molar-refractivity contribution in [3.8, 4) is 5.75 Å². The minimum absolute atomic E-state index is 0.00290. The third-order valence-corrected chi connectivity index (χ3v) is 4.74. The first kappa shape index (κ1) is 22.0. The van der Waals surface area contributed by atoms with Crippen LogP contribution in [0.5, 0.6) is 5.75 Å². The Bertz CT molecular complexity index is 806. The smallest absolute Gasteiger partial charge is 0.261 e. The minimum atomic E-state index is -0.611. The Hall–Kier alpha value is -2.34. The molecule has 2 aromatic carbocycles. The Labute approximate surface area is 175 Å². The van der Waals surface area contributed by atoms with Crippen molar-refractivity contribution in [2.45, 2.75) is 46.3 Å². The molecule has 0 heterocycles. The fraction of sp³-hybridized carbons (Fsp3) is 0.364. The topological polar surface area (TPSA) is 58.6 Å². The number of halogens is 1. The average Bonchev–Trinajstić information content (AvgIpc) is 2.64. The van der Waals surface area contributed by atoms with Gasteiger partial charge in [0, 0.05) is 17.1 Å². The molecule has 5 nitrogen and oxygen atoms in total. The summed E-state index contributed by atoms with van der Waals surface area (Å²) in [6.45, 7) is 7.70. The number of amides is 2. The molecular weight excluding hydrogens is 420 g/mol. The van der Waals surface area contributed by atoms with Crippen molar-refractivity contribution >= 4 is 27.7 Å². The first-order valence-corrected chi connectivity index (χ1v) is 10.1. The number of nitrogens with one attached hydrogen (secondary N) is 1. The van der Waals surface area contributed by atoms with Gasteiger partial charge >= 0.3 is 0 Å². The molecule has 2 rings (SSSR count). The maximum absolute atomic E-state index is 12.9. The monoisotopic (exact) mass is 446 g/mol. The highest BCUT2D eigenvalue weighted by molar-refractivity contribution is 9.10. The normalized spacial score (nSPS) is 11.8. The van der Waals surface area contributed by atoms with Crippen molar-refractivity contribution in [2.75, 3.05) is 6.61 Å². The number of nitrogens with zero attached hydrogens (tertiary/aromatic N) is 1. The predicted molar refractivity (Wildman–Crippen MR) is 114 cm³/mol. The van der Waals surface area contributed by atoms with Gasteiger partial charge in [-0.25, -0.2) is 0 Å². The van der Waals surface area contributed by atoms with E-state index >= 15 is 0 Å². The third kappa shape index (κ3) is 6.68. The van der Waals surface area contributed by atoms with Gasteiger partial charge < -0.3 is 15.0 Å². The first-order valence-electron chi connectivity index (χ1n) is 9.30. The molecule has 0 bridgehead atoms. The molecule has 6 heteroatoms. The molecule has 0 aromatic heterocycles. The van der Waals surface area contributed by atoms with Crippen LogP contribution >= 0.6 is 15.9 Å². The highest BCUT2D eigenvalue weighted by Gasteiger charge is 2.26. The quantitative estimate of drug-likeness (QED) is 0.664. The van der Waals surface area contributed by atoms with E-state index < -0.39 is 6.04 Å². The number of ether oxygens (including phenoxy) is 1. The van der Waals surface area contributed by atoms with Gasteiger partial charge in [0.1, 0.15) is 11.8 Å². The van der Waals surface area contributed by atoms with E-state index in [-0.39, 0.29) is 24.5 Å². The van der Waals surface area contributed by atoms with Crippen LogP contribution in [-0.2, 0) is 16.1 Å². The van der Waals surface area contributed by atoms with Crippen molar-refractivity contribution < 1.29 is 14.3 Å². The summed E-state index contributed by atoms with van der Waals surface area (Å²) in [4.78, 5) is 27.0. The second-order valence-corrected chi connectivity index (χ2v) is 8.01. The van der Waals surface area contributed by atoms with Crippen molar-refractivity contribution in [3.05, 3.63) is 64.1 Å². The maximum Gasteiger partial charge on any atom is 0.261 e. The number of aryl methyl sites for hydroxylation is 1. The van der Waals surface area contributed by atoms with Crippen LogP contribution in [-0.4, -0.2) is 35.4 Å². The highest BCUT2D eigenvalue weighted by atomic mass is 79.9. The summed E-state index contributed by atoms with van der Waals surface area (Å²) in [6.07, 6.45) is 0. The minimum Gasteiger partial charge on any atom is -0.484 e. The number of carbonyl (C=O) groups excluding carboxylic acids is 2. The average molecular weight is 447 g/mol. The summed E-state index contributed by atoms with van der Waals surface area (Å²) < 4.78 is 6.63. The fourth-order valence-electron chi connectivity index (χ4n) is 2.71. The number of rotatable bonds is 8. The lowest BCUT2D eigenvalue weighted by Crippen LogP contribution is -2.50. The van der Waals surface area contributed by atoms with E-state index in [1.54, 1.807) is 11.8 Å². The molecule has 1 atom stereocenters. The summed E-state index contributed by atoms with van der Waals surface area (Å²) in [5.41, 5.74) is 2.00. The Morgan fingerprint density at radius 2 is 1.79 bits per heavy atom. The molecule has 0 unspecified atom stereocenters. The van der Waals surface area contributed by atoms with Crippen LogP contribution in [0, 0.1) is 6.92 Å². The molecular formula is C22H27BrN2O3. The highest BCUT2D eigenvalue weighted by Crippen LogP contribution is 2.16. The van der Waals surface area contributed by atoms with E-state index in [4.69, 9.17) is 4.74 Å². The number of hydrogen-bond acceptors (Lipinski definition) is 3. The van der Waals surface area contributed by atoms with Crippen LogP contribution in [0.25, 0.3) is 0 Å². The molecule has 2 aromatic rings. The molecule has 0 fully saturated rings. The van der Waals surface area contributed by atoms with Crippen LogP contribution in [0.4, 0.5) is 0 Å².